The molecule has 11 nitrogen and oxygen atoms in total. The number of hydrogen-bond donors (Lipinski definition) is 2. The first-order chi connectivity index (χ1) is 29.1. The van der Waals surface area contributed by atoms with Crippen molar-refractivity contribution in [3.05, 3.63) is 179 Å². The maximum atomic E-state index is 11.1. The molecule has 11 heteroatoms. The molecule has 2 fully saturated rings. The Hall–Kier alpha value is -4.34. The van der Waals surface area contributed by atoms with Crippen molar-refractivity contribution in [3.63, 3.8) is 0 Å². The Bertz CT molecular complexity index is 1890. The second-order valence-corrected chi connectivity index (χ2v) is 14.6. The second-order valence-electron chi connectivity index (χ2n) is 14.6. The van der Waals surface area contributed by atoms with Crippen LogP contribution in [0.5, 0.6) is 0 Å². The molecule has 2 aliphatic heterocycles. The van der Waals surface area contributed by atoms with Crippen LogP contribution < -0.4 is 0 Å². The van der Waals surface area contributed by atoms with E-state index >= 15 is 0 Å². The summed E-state index contributed by atoms with van der Waals surface area (Å²) < 4.78 is 58.6. The highest BCUT2D eigenvalue weighted by atomic mass is 16.7. The molecule has 5 aromatic rings. The van der Waals surface area contributed by atoms with Crippen LogP contribution in [0.15, 0.2) is 152 Å². The maximum Gasteiger partial charge on any atom is 0.187 e. The lowest BCUT2D eigenvalue weighted by molar-refractivity contribution is -0.224. The molecular weight excluding hydrogens is 753 g/mol. The predicted octanol–water partition coefficient (Wildman–Crippen LogP) is 6.38. The van der Waals surface area contributed by atoms with Crippen LogP contribution in [-0.4, -0.2) is 91.9 Å². The SMILES string of the molecule is CO[C@@H]1O[C@@H]([C@@H](CO[C@@H]2O[C@@H]([C@H](O)CO)[C@H](OCc3ccccc3)[C@H]2OCc2ccccc2)OCc2ccccc2)[C@H](OCc2ccccc2)[C@H]1OCc1ccccc1. The molecule has 312 valence electrons. The Labute approximate surface area is 346 Å². The molecule has 0 spiro atoms. The number of aliphatic hydroxyl groups excluding tert-OH is 2. The van der Waals surface area contributed by atoms with Crippen LogP contribution in [0.25, 0.3) is 0 Å². The summed E-state index contributed by atoms with van der Waals surface area (Å²) in [6.07, 6.45) is -8.36. The fourth-order valence-corrected chi connectivity index (χ4v) is 7.34. The summed E-state index contributed by atoms with van der Waals surface area (Å²) >= 11 is 0. The number of hydrogen-bond acceptors (Lipinski definition) is 11. The Balaban J connectivity index is 1.16. The molecule has 10 atom stereocenters. The Kier molecular flexibility index (Phi) is 16.2. The van der Waals surface area contributed by atoms with Gasteiger partial charge in [-0.25, -0.2) is 0 Å². The van der Waals surface area contributed by atoms with Gasteiger partial charge in [-0.2, -0.15) is 0 Å². The van der Waals surface area contributed by atoms with Gasteiger partial charge in [0.2, 0.25) is 0 Å². The molecule has 59 heavy (non-hydrogen) atoms. The lowest BCUT2D eigenvalue weighted by Gasteiger charge is -2.31. The fraction of sp³-hybridized carbons (Fsp3) is 0.375. The van der Waals surface area contributed by atoms with Gasteiger partial charge in [-0.15, -0.1) is 0 Å². The number of aliphatic hydroxyl groups is 2. The van der Waals surface area contributed by atoms with Crippen molar-refractivity contribution in [3.8, 4) is 0 Å². The third-order valence-corrected chi connectivity index (χ3v) is 10.5. The molecule has 2 N–H and O–H groups in total. The third kappa shape index (κ3) is 11.9. The van der Waals surface area contributed by atoms with Crippen molar-refractivity contribution in [1.82, 2.24) is 0 Å². The largest absolute Gasteiger partial charge is 0.394 e. The van der Waals surface area contributed by atoms with Crippen LogP contribution in [0.1, 0.15) is 27.8 Å². The van der Waals surface area contributed by atoms with Crippen LogP contribution in [0.4, 0.5) is 0 Å². The number of rotatable bonds is 22. The first-order valence-corrected chi connectivity index (χ1v) is 20.1. The molecule has 0 bridgehead atoms. The highest BCUT2D eigenvalue weighted by Crippen LogP contribution is 2.35. The first kappa shape index (κ1) is 42.8. The molecule has 0 amide bonds. The summed E-state index contributed by atoms with van der Waals surface area (Å²) in [5, 5.41) is 21.2. The van der Waals surface area contributed by atoms with Gasteiger partial charge in [0.1, 0.15) is 48.8 Å². The third-order valence-electron chi connectivity index (χ3n) is 10.5. The standard InChI is InChI=1S/C48H54O11/c1-51-47-45(55-31-37-23-13-5-14-24-37)44(54-30-36-21-11-4-12-22-36)42(59-47)40(52-28-34-17-7-2-8-18-34)33-57-48-46(56-32-38-25-15-6-16-26-38)43(41(58-48)39(50)27-49)53-29-35-19-9-3-10-20-35/h2-26,39-50H,27-33H2,1H3/t39-,40-,41+,42+,43+,44+,45-,46-,47-,48-/m1/s1. The normalized spacial score (nSPS) is 25.2. The molecule has 2 saturated heterocycles. The van der Waals surface area contributed by atoms with E-state index in [4.69, 9.17) is 42.6 Å². The highest BCUT2D eigenvalue weighted by Gasteiger charge is 2.53. The summed E-state index contributed by atoms with van der Waals surface area (Å²) in [4.78, 5) is 0. The van der Waals surface area contributed by atoms with Gasteiger partial charge in [-0.3, -0.25) is 0 Å². The van der Waals surface area contributed by atoms with E-state index in [1.165, 1.54) is 0 Å². The number of benzene rings is 5. The Morgan fingerprint density at radius 1 is 0.458 bits per heavy atom. The fourth-order valence-electron chi connectivity index (χ4n) is 7.34. The van der Waals surface area contributed by atoms with Crippen LogP contribution in [0, 0.1) is 0 Å². The van der Waals surface area contributed by atoms with Crippen molar-refractivity contribution in [1.29, 1.82) is 0 Å². The van der Waals surface area contributed by atoms with Gasteiger partial charge in [0, 0.05) is 7.11 Å². The topological polar surface area (TPSA) is 124 Å². The lowest BCUT2D eigenvalue weighted by atomic mass is 10.0. The van der Waals surface area contributed by atoms with E-state index in [2.05, 4.69) is 0 Å². The highest BCUT2D eigenvalue weighted by molar-refractivity contribution is 5.17. The van der Waals surface area contributed by atoms with Crippen molar-refractivity contribution in [2.45, 2.75) is 94.4 Å². The number of methoxy groups -OCH3 is 1. The van der Waals surface area contributed by atoms with E-state index in [1.807, 2.05) is 152 Å². The van der Waals surface area contributed by atoms with E-state index in [0.717, 1.165) is 27.8 Å². The van der Waals surface area contributed by atoms with Gasteiger partial charge < -0.3 is 52.8 Å². The van der Waals surface area contributed by atoms with E-state index in [9.17, 15) is 10.2 Å². The molecule has 0 unspecified atom stereocenters. The number of ether oxygens (including phenoxy) is 9. The van der Waals surface area contributed by atoms with Gasteiger partial charge >= 0.3 is 0 Å². The van der Waals surface area contributed by atoms with E-state index < -0.39 is 68.0 Å². The minimum Gasteiger partial charge on any atom is -0.394 e. The molecule has 2 heterocycles. The van der Waals surface area contributed by atoms with Gasteiger partial charge in [0.05, 0.1) is 46.2 Å². The van der Waals surface area contributed by atoms with Crippen molar-refractivity contribution in [2.75, 3.05) is 20.3 Å². The van der Waals surface area contributed by atoms with Crippen molar-refractivity contribution >= 4 is 0 Å². The molecule has 0 saturated carbocycles. The minimum atomic E-state index is -1.27. The zero-order valence-corrected chi connectivity index (χ0v) is 33.2. The molecular formula is C48H54O11. The van der Waals surface area contributed by atoms with Crippen LogP contribution >= 0.6 is 0 Å². The lowest BCUT2D eigenvalue weighted by Crippen LogP contribution is -2.46. The van der Waals surface area contributed by atoms with Gasteiger partial charge in [0.25, 0.3) is 0 Å². The smallest absolute Gasteiger partial charge is 0.187 e. The average molecular weight is 807 g/mol. The van der Waals surface area contributed by atoms with E-state index in [-0.39, 0.29) is 26.4 Å². The zero-order chi connectivity index (χ0) is 40.7. The summed E-state index contributed by atoms with van der Waals surface area (Å²) in [6.45, 7) is 0.733. The zero-order valence-electron chi connectivity index (χ0n) is 33.2. The van der Waals surface area contributed by atoms with Crippen LogP contribution in [0.2, 0.25) is 0 Å². The predicted molar refractivity (Wildman–Crippen MR) is 218 cm³/mol. The second kappa shape index (κ2) is 22.3. The van der Waals surface area contributed by atoms with Gasteiger partial charge in [-0.1, -0.05) is 152 Å². The monoisotopic (exact) mass is 806 g/mol. The Morgan fingerprint density at radius 2 is 0.814 bits per heavy atom. The van der Waals surface area contributed by atoms with E-state index in [0.29, 0.717) is 13.2 Å². The molecule has 0 aliphatic carbocycles. The van der Waals surface area contributed by atoms with Gasteiger partial charge in [0.15, 0.2) is 12.6 Å². The summed E-state index contributed by atoms with van der Waals surface area (Å²) in [6, 6.07) is 49.1. The van der Waals surface area contributed by atoms with Crippen molar-refractivity contribution < 1.29 is 52.8 Å². The van der Waals surface area contributed by atoms with E-state index in [1.54, 1.807) is 7.11 Å². The molecule has 0 radical (unpaired) electrons. The van der Waals surface area contributed by atoms with Crippen LogP contribution in [0.3, 0.4) is 0 Å². The summed E-state index contributed by atoms with van der Waals surface area (Å²) in [7, 11) is 1.58. The minimum absolute atomic E-state index is 0.0340. The van der Waals surface area contributed by atoms with Crippen molar-refractivity contribution in [2.24, 2.45) is 0 Å². The maximum absolute atomic E-state index is 11.1. The average Bonchev–Trinajstić information content (AvgIpc) is 3.84. The molecule has 0 aromatic heterocycles. The molecule has 7 rings (SSSR count). The molecule has 5 aromatic carbocycles. The van der Waals surface area contributed by atoms with Crippen LogP contribution in [-0.2, 0) is 75.7 Å². The first-order valence-electron chi connectivity index (χ1n) is 20.1. The quantitative estimate of drug-likeness (QED) is 0.0811. The molecule has 2 aliphatic rings. The summed E-state index contributed by atoms with van der Waals surface area (Å²) in [5.74, 6) is 0. The summed E-state index contributed by atoms with van der Waals surface area (Å²) in [5.41, 5.74) is 4.81. The van der Waals surface area contributed by atoms with Gasteiger partial charge in [-0.05, 0) is 27.8 Å². The Morgan fingerprint density at radius 3 is 1.22 bits per heavy atom.